The second kappa shape index (κ2) is 5.82. The number of rotatable bonds is 4. The van der Waals surface area contributed by atoms with Gasteiger partial charge >= 0.3 is 5.97 Å². The molecule has 14 heavy (non-hydrogen) atoms. The summed E-state index contributed by atoms with van der Waals surface area (Å²) in [5.74, 6) is 0.405. The molecule has 1 heterocycles. The molecule has 1 aromatic heterocycles. The van der Waals surface area contributed by atoms with Crippen LogP contribution in [0, 0.1) is 0 Å². The van der Waals surface area contributed by atoms with Gasteiger partial charge in [0.25, 0.3) is 0 Å². The van der Waals surface area contributed by atoms with Crippen LogP contribution in [0.5, 0.6) is 0 Å². The van der Waals surface area contributed by atoms with Crippen LogP contribution in [0.4, 0.5) is 0 Å². The second-order valence-corrected chi connectivity index (χ2v) is 3.87. The lowest BCUT2D eigenvalue weighted by molar-refractivity contribution is -0.140. The molecule has 0 fully saturated rings. The summed E-state index contributed by atoms with van der Waals surface area (Å²) in [6, 6.07) is 3.42. The molecule has 0 aliphatic rings. The highest BCUT2D eigenvalue weighted by Gasteiger charge is 2.01. The summed E-state index contributed by atoms with van der Waals surface area (Å²) in [5.41, 5.74) is 0. The van der Waals surface area contributed by atoms with Crippen molar-refractivity contribution in [2.45, 2.75) is 11.4 Å². The number of esters is 1. The van der Waals surface area contributed by atoms with Crippen LogP contribution in [0.2, 0.25) is 5.15 Å². The molecule has 6 heteroatoms. The standard InChI is InChI=1S/C8H9ClN2O2S/c1-13-8(12)4-5-14-7-3-2-6(9)10-11-7/h2-3H,4-5H2,1H3. The normalized spacial score (nSPS) is 9.86. The number of ether oxygens (including phenoxy) is 1. The molecular weight excluding hydrogens is 224 g/mol. The monoisotopic (exact) mass is 232 g/mol. The molecule has 0 aromatic carbocycles. The summed E-state index contributed by atoms with van der Waals surface area (Å²) in [7, 11) is 1.37. The molecule has 0 atom stereocenters. The molecule has 0 aliphatic heterocycles. The Hall–Kier alpha value is -0.810. The molecule has 0 unspecified atom stereocenters. The Bertz CT molecular complexity index is 305. The molecule has 0 N–H and O–H groups in total. The average Bonchev–Trinajstić information content (AvgIpc) is 2.21. The molecule has 4 nitrogen and oxygen atoms in total. The van der Waals surface area contributed by atoms with Crippen molar-refractivity contribution in [2.24, 2.45) is 0 Å². The number of hydrogen-bond acceptors (Lipinski definition) is 5. The number of nitrogens with zero attached hydrogens (tertiary/aromatic N) is 2. The van der Waals surface area contributed by atoms with Crippen molar-refractivity contribution < 1.29 is 9.53 Å². The van der Waals surface area contributed by atoms with E-state index in [1.807, 2.05) is 0 Å². The predicted molar refractivity (Wildman–Crippen MR) is 54.4 cm³/mol. The van der Waals surface area contributed by atoms with Crippen LogP contribution in [0.25, 0.3) is 0 Å². The van der Waals surface area contributed by atoms with E-state index in [9.17, 15) is 4.79 Å². The Balaban J connectivity index is 2.31. The van der Waals surface area contributed by atoms with E-state index in [1.54, 1.807) is 12.1 Å². The summed E-state index contributed by atoms with van der Waals surface area (Å²) in [6.07, 6.45) is 0.367. The van der Waals surface area contributed by atoms with E-state index < -0.39 is 0 Å². The number of thioether (sulfide) groups is 1. The number of hydrogen-bond donors (Lipinski definition) is 0. The fourth-order valence-corrected chi connectivity index (χ4v) is 1.56. The number of carbonyl (C=O) groups excluding carboxylic acids is 1. The van der Waals surface area contributed by atoms with Gasteiger partial charge in [0.2, 0.25) is 0 Å². The Morgan fingerprint density at radius 1 is 1.57 bits per heavy atom. The molecular formula is C8H9ClN2O2S. The van der Waals surface area contributed by atoms with Gasteiger partial charge in [-0.05, 0) is 12.1 Å². The number of methoxy groups -OCH3 is 1. The van der Waals surface area contributed by atoms with Crippen LogP contribution in [-0.2, 0) is 9.53 Å². The van der Waals surface area contributed by atoms with Crippen molar-refractivity contribution in [3.8, 4) is 0 Å². The van der Waals surface area contributed by atoms with Crippen molar-refractivity contribution in [1.29, 1.82) is 0 Å². The highest BCUT2D eigenvalue weighted by molar-refractivity contribution is 7.99. The predicted octanol–water partition coefficient (Wildman–Crippen LogP) is 1.79. The molecule has 0 radical (unpaired) electrons. The van der Waals surface area contributed by atoms with Gasteiger partial charge in [-0.3, -0.25) is 4.79 Å². The fourth-order valence-electron chi connectivity index (χ4n) is 0.722. The first kappa shape index (κ1) is 11.3. The third kappa shape index (κ3) is 3.93. The molecule has 1 rings (SSSR count). The third-order valence-electron chi connectivity index (χ3n) is 1.39. The largest absolute Gasteiger partial charge is 0.469 e. The maximum atomic E-state index is 10.8. The van der Waals surface area contributed by atoms with Crippen LogP contribution in [0.3, 0.4) is 0 Å². The van der Waals surface area contributed by atoms with E-state index in [0.29, 0.717) is 17.3 Å². The first-order chi connectivity index (χ1) is 6.72. The topological polar surface area (TPSA) is 52.1 Å². The van der Waals surface area contributed by atoms with E-state index >= 15 is 0 Å². The Morgan fingerprint density at radius 2 is 2.36 bits per heavy atom. The summed E-state index contributed by atoms with van der Waals surface area (Å²) in [4.78, 5) is 10.8. The summed E-state index contributed by atoms with van der Waals surface area (Å²) >= 11 is 7.00. The zero-order valence-corrected chi connectivity index (χ0v) is 9.14. The van der Waals surface area contributed by atoms with Gasteiger partial charge in [0.05, 0.1) is 13.5 Å². The molecule has 0 aliphatic carbocycles. The molecule has 0 bridgehead atoms. The Labute approximate surface area is 91.0 Å². The molecule has 0 saturated carbocycles. The van der Waals surface area contributed by atoms with Gasteiger partial charge < -0.3 is 4.74 Å². The van der Waals surface area contributed by atoms with E-state index in [4.69, 9.17) is 11.6 Å². The van der Waals surface area contributed by atoms with E-state index in [2.05, 4.69) is 14.9 Å². The lowest BCUT2D eigenvalue weighted by Gasteiger charge is -1.98. The fraction of sp³-hybridized carbons (Fsp3) is 0.375. The molecule has 0 saturated heterocycles. The summed E-state index contributed by atoms with van der Waals surface area (Å²) in [6.45, 7) is 0. The molecule has 76 valence electrons. The lowest BCUT2D eigenvalue weighted by Crippen LogP contribution is -2.01. The third-order valence-corrected chi connectivity index (χ3v) is 2.51. The number of halogens is 1. The average molecular weight is 233 g/mol. The van der Waals surface area contributed by atoms with E-state index in [1.165, 1.54) is 18.9 Å². The van der Waals surface area contributed by atoms with Gasteiger partial charge in [-0.2, -0.15) is 0 Å². The molecule has 1 aromatic rings. The van der Waals surface area contributed by atoms with Crippen LogP contribution in [0.1, 0.15) is 6.42 Å². The van der Waals surface area contributed by atoms with Crippen molar-refractivity contribution in [3.63, 3.8) is 0 Å². The highest BCUT2D eigenvalue weighted by Crippen LogP contribution is 2.16. The maximum Gasteiger partial charge on any atom is 0.306 e. The van der Waals surface area contributed by atoms with Gasteiger partial charge in [-0.1, -0.05) is 11.6 Å². The van der Waals surface area contributed by atoms with E-state index in [-0.39, 0.29) is 5.97 Å². The Kier molecular flexibility index (Phi) is 4.69. The summed E-state index contributed by atoms with van der Waals surface area (Å²) in [5, 5.41) is 8.62. The smallest absolute Gasteiger partial charge is 0.306 e. The zero-order valence-electron chi connectivity index (χ0n) is 7.57. The van der Waals surface area contributed by atoms with Crippen LogP contribution >= 0.6 is 23.4 Å². The first-order valence-corrected chi connectivity index (χ1v) is 5.27. The van der Waals surface area contributed by atoms with Crippen molar-refractivity contribution in [3.05, 3.63) is 17.3 Å². The van der Waals surface area contributed by atoms with Gasteiger partial charge in [-0.15, -0.1) is 22.0 Å². The van der Waals surface area contributed by atoms with Crippen LogP contribution in [-0.4, -0.2) is 29.0 Å². The quantitative estimate of drug-likeness (QED) is 0.585. The van der Waals surface area contributed by atoms with Gasteiger partial charge in [-0.25, -0.2) is 0 Å². The van der Waals surface area contributed by atoms with Crippen LogP contribution in [0.15, 0.2) is 17.2 Å². The number of carbonyl (C=O) groups is 1. The highest BCUT2D eigenvalue weighted by atomic mass is 35.5. The SMILES string of the molecule is COC(=O)CCSc1ccc(Cl)nn1. The van der Waals surface area contributed by atoms with Crippen molar-refractivity contribution >= 4 is 29.3 Å². The minimum atomic E-state index is -0.223. The maximum absolute atomic E-state index is 10.8. The number of aromatic nitrogens is 2. The second-order valence-electron chi connectivity index (χ2n) is 2.37. The van der Waals surface area contributed by atoms with Gasteiger partial charge in [0.1, 0.15) is 5.03 Å². The minimum absolute atomic E-state index is 0.223. The van der Waals surface area contributed by atoms with Crippen molar-refractivity contribution in [1.82, 2.24) is 10.2 Å². The van der Waals surface area contributed by atoms with Gasteiger partial charge in [0.15, 0.2) is 5.15 Å². The van der Waals surface area contributed by atoms with E-state index in [0.717, 1.165) is 5.03 Å². The lowest BCUT2D eigenvalue weighted by atomic mass is 10.5. The molecule has 0 amide bonds. The van der Waals surface area contributed by atoms with Crippen molar-refractivity contribution in [2.75, 3.05) is 12.9 Å². The zero-order chi connectivity index (χ0) is 10.4. The molecule has 0 spiro atoms. The van der Waals surface area contributed by atoms with Crippen LogP contribution < -0.4 is 0 Å². The first-order valence-electron chi connectivity index (χ1n) is 3.91. The Morgan fingerprint density at radius 3 is 2.93 bits per heavy atom. The minimum Gasteiger partial charge on any atom is -0.469 e. The van der Waals surface area contributed by atoms with Gasteiger partial charge in [0, 0.05) is 5.75 Å². The summed E-state index contributed by atoms with van der Waals surface area (Å²) < 4.78 is 4.50.